The molecule has 0 radical (unpaired) electrons. The van der Waals surface area contributed by atoms with Gasteiger partial charge in [-0.05, 0) is 11.6 Å². The Labute approximate surface area is 82.5 Å². The van der Waals surface area contributed by atoms with Gasteiger partial charge in [-0.15, -0.1) is 0 Å². The maximum Gasteiger partial charge on any atom is 0.0719 e. The third kappa shape index (κ3) is 0.902. The topological polar surface area (TPSA) is 43.0 Å². The van der Waals surface area contributed by atoms with E-state index in [-0.39, 0.29) is 0 Å². The van der Waals surface area contributed by atoms with Crippen LogP contribution in [0.15, 0.2) is 24.4 Å². The summed E-state index contributed by atoms with van der Waals surface area (Å²) in [5, 5.41) is 4.69. The van der Waals surface area contributed by atoms with E-state index in [0.717, 1.165) is 13.1 Å². The highest BCUT2D eigenvalue weighted by atomic mass is 15.1. The van der Waals surface area contributed by atoms with Crippen LogP contribution in [0, 0.1) is 0 Å². The Kier molecular flexibility index (Phi) is 1.55. The van der Waals surface area contributed by atoms with Gasteiger partial charge >= 0.3 is 0 Å². The minimum absolute atomic E-state index is 0.618. The van der Waals surface area contributed by atoms with E-state index in [2.05, 4.69) is 34.3 Å². The van der Waals surface area contributed by atoms with Crippen molar-refractivity contribution in [3.05, 3.63) is 30.0 Å². The molecular weight excluding hydrogens is 174 g/mol. The summed E-state index contributed by atoms with van der Waals surface area (Å²) in [5.41, 5.74) is 9.50. The van der Waals surface area contributed by atoms with Crippen LogP contribution in [0.1, 0.15) is 5.56 Å². The van der Waals surface area contributed by atoms with E-state index in [0.29, 0.717) is 6.54 Å². The minimum atomic E-state index is 0.618. The first-order valence-corrected chi connectivity index (χ1v) is 4.95. The Hall–Kier alpha value is -1.48. The van der Waals surface area contributed by atoms with Crippen molar-refractivity contribution in [3.8, 4) is 0 Å². The van der Waals surface area contributed by atoms with Gasteiger partial charge in [0.2, 0.25) is 0 Å². The number of para-hydroxylation sites is 1. The second-order valence-corrected chi connectivity index (χ2v) is 3.68. The van der Waals surface area contributed by atoms with Crippen LogP contribution >= 0.6 is 0 Å². The van der Waals surface area contributed by atoms with Gasteiger partial charge in [0.25, 0.3) is 0 Å². The average molecular weight is 187 g/mol. The standard InChI is InChI=1S/C11H13N3/c12-6-8-7-14-5-4-13-10-3-1-2-9(8)11(10)14/h1-3,7,13H,4-6,12H2. The van der Waals surface area contributed by atoms with Crippen LogP contribution < -0.4 is 11.1 Å². The van der Waals surface area contributed by atoms with Crippen LogP contribution in [0.5, 0.6) is 0 Å². The normalized spacial score (nSPS) is 14.4. The summed E-state index contributed by atoms with van der Waals surface area (Å²) in [4.78, 5) is 0. The summed E-state index contributed by atoms with van der Waals surface area (Å²) in [6.45, 7) is 2.66. The molecule has 1 aromatic heterocycles. The molecule has 0 saturated heterocycles. The van der Waals surface area contributed by atoms with Gasteiger partial charge in [0.15, 0.2) is 0 Å². The number of hydrogen-bond acceptors (Lipinski definition) is 2. The molecule has 3 rings (SSSR count). The quantitative estimate of drug-likeness (QED) is 0.711. The smallest absolute Gasteiger partial charge is 0.0719 e. The van der Waals surface area contributed by atoms with Crippen molar-refractivity contribution in [3.63, 3.8) is 0 Å². The first kappa shape index (κ1) is 7.88. The molecule has 72 valence electrons. The van der Waals surface area contributed by atoms with Crippen molar-refractivity contribution in [1.29, 1.82) is 0 Å². The van der Waals surface area contributed by atoms with Crippen molar-refractivity contribution in [1.82, 2.24) is 4.57 Å². The molecule has 0 bridgehead atoms. The summed E-state index contributed by atoms with van der Waals surface area (Å²) in [6, 6.07) is 6.35. The lowest BCUT2D eigenvalue weighted by atomic mass is 10.1. The van der Waals surface area contributed by atoms with Crippen molar-refractivity contribution in [2.75, 3.05) is 11.9 Å². The molecule has 0 unspecified atom stereocenters. The molecule has 0 atom stereocenters. The number of nitrogens with two attached hydrogens (primary N) is 1. The Bertz CT molecular complexity index is 484. The Morgan fingerprint density at radius 1 is 1.43 bits per heavy atom. The molecule has 0 spiro atoms. The average Bonchev–Trinajstić information content (AvgIpc) is 2.60. The van der Waals surface area contributed by atoms with Crippen molar-refractivity contribution >= 4 is 16.6 Å². The second kappa shape index (κ2) is 2.75. The number of anilines is 1. The van der Waals surface area contributed by atoms with Crippen molar-refractivity contribution in [2.45, 2.75) is 13.1 Å². The maximum absolute atomic E-state index is 5.72. The summed E-state index contributed by atoms with van der Waals surface area (Å²) >= 11 is 0. The van der Waals surface area contributed by atoms with Gasteiger partial charge in [0.1, 0.15) is 0 Å². The number of aromatic nitrogens is 1. The van der Waals surface area contributed by atoms with Gasteiger partial charge in [0, 0.05) is 31.2 Å². The third-order valence-corrected chi connectivity index (χ3v) is 2.87. The SMILES string of the molecule is NCc1cn2c3c(cccc13)NCC2. The minimum Gasteiger partial charge on any atom is -0.382 e. The second-order valence-electron chi connectivity index (χ2n) is 3.68. The molecule has 2 aromatic rings. The molecule has 2 heterocycles. The molecule has 3 N–H and O–H groups in total. The molecule has 0 amide bonds. The first-order chi connectivity index (χ1) is 6.90. The first-order valence-electron chi connectivity index (χ1n) is 4.95. The molecule has 3 nitrogen and oxygen atoms in total. The van der Waals surface area contributed by atoms with Gasteiger partial charge in [-0.1, -0.05) is 12.1 Å². The molecule has 0 saturated carbocycles. The van der Waals surface area contributed by atoms with E-state index in [4.69, 9.17) is 5.73 Å². The van der Waals surface area contributed by atoms with Crippen LogP contribution in [0.2, 0.25) is 0 Å². The van der Waals surface area contributed by atoms with E-state index < -0.39 is 0 Å². The lowest BCUT2D eigenvalue weighted by molar-refractivity contribution is 0.738. The number of benzene rings is 1. The predicted molar refractivity (Wildman–Crippen MR) is 58.3 cm³/mol. The Morgan fingerprint density at radius 3 is 3.21 bits per heavy atom. The van der Waals surface area contributed by atoms with Gasteiger partial charge in [0.05, 0.1) is 11.2 Å². The summed E-state index contributed by atoms with van der Waals surface area (Å²) in [6.07, 6.45) is 2.18. The van der Waals surface area contributed by atoms with Crippen LogP contribution in [0.25, 0.3) is 10.9 Å². The van der Waals surface area contributed by atoms with Crippen LogP contribution in [0.3, 0.4) is 0 Å². The number of rotatable bonds is 1. The van der Waals surface area contributed by atoms with E-state index in [1.807, 2.05) is 0 Å². The van der Waals surface area contributed by atoms with Gasteiger partial charge in [-0.2, -0.15) is 0 Å². The monoisotopic (exact) mass is 187 g/mol. The zero-order valence-electron chi connectivity index (χ0n) is 7.96. The van der Waals surface area contributed by atoms with Crippen LogP contribution in [0.4, 0.5) is 5.69 Å². The summed E-state index contributed by atoms with van der Waals surface area (Å²) in [7, 11) is 0. The zero-order chi connectivity index (χ0) is 9.54. The van der Waals surface area contributed by atoms with E-state index in [9.17, 15) is 0 Å². The fraction of sp³-hybridized carbons (Fsp3) is 0.273. The van der Waals surface area contributed by atoms with E-state index in [1.165, 1.54) is 22.2 Å². The number of nitrogens with zero attached hydrogens (tertiary/aromatic N) is 1. The van der Waals surface area contributed by atoms with Crippen LogP contribution in [-0.2, 0) is 13.1 Å². The molecule has 1 aliphatic rings. The molecule has 1 aliphatic heterocycles. The number of nitrogens with one attached hydrogen (secondary N) is 1. The molecule has 14 heavy (non-hydrogen) atoms. The van der Waals surface area contributed by atoms with Crippen molar-refractivity contribution in [2.24, 2.45) is 5.73 Å². The number of hydrogen-bond donors (Lipinski definition) is 2. The largest absolute Gasteiger partial charge is 0.382 e. The van der Waals surface area contributed by atoms with E-state index >= 15 is 0 Å². The molecule has 1 aromatic carbocycles. The maximum atomic E-state index is 5.72. The lowest BCUT2D eigenvalue weighted by Crippen LogP contribution is -2.15. The highest BCUT2D eigenvalue weighted by molar-refractivity contribution is 5.94. The van der Waals surface area contributed by atoms with Gasteiger partial charge < -0.3 is 15.6 Å². The summed E-state index contributed by atoms with van der Waals surface area (Å²) in [5.74, 6) is 0. The van der Waals surface area contributed by atoms with Gasteiger partial charge in [-0.25, -0.2) is 0 Å². The highest BCUT2D eigenvalue weighted by Crippen LogP contribution is 2.30. The molecule has 0 aliphatic carbocycles. The van der Waals surface area contributed by atoms with Gasteiger partial charge in [-0.3, -0.25) is 0 Å². The molecule has 0 fully saturated rings. The molecule has 3 heteroatoms. The fourth-order valence-electron chi connectivity index (χ4n) is 2.23. The van der Waals surface area contributed by atoms with Crippen LogP contribution in [-0.4, -0.2) is 11.1 Å². The Morgan fingerprint density at radius 2 is 2.36 bits per heavy atom. The zero-order valence-corrected chi connectivity index (χ0v) is 7.96. The molecular formula is C11H13N3. The Balaban J connectivity index is 2.42. The third-order valence-electron chi connectivity index (χ3n) is 2.87. The summed E-state index contributed by atoms with van der Waals surface area (Å²) < 4.78 is 2.30. The fourth-order valence-corrected chi connectivity index (χ4v) is 2.23. The lowest BCUT2D eigenvalue weighted by Gasteiger charge is -2.17. The highest BCUT2D eigenvalue weighted by Gasteiger charge is 2.13. The van der Waals surface area contributed by atoms with E-state index in [1.54, 1.807) is 0 Å². The van der Waals surface area contributed by atoms with Crippen molar-refractivity contribution < 1.29 is 0 Å². The predicted octanol–water partition coefficient (Wildman–Crippen LogP) is 1.53.